The first kappa shape index (κ1) is 17.4. The molecule has 1 atom stereocenters. The number of methoxy groups -OCH3 is 1. The fourth-order valence-electron chi connectivity index (χ4n) is 1.52. The number of hydrogen-bond donors (Lipinski definition) is 0. The highest BCUT2D eigenvalue weighted by Gasteiger charge is 2.09. The van der Waals surface area contributed by atoms with Crippen molar-refractivity contribution in [3.8, 4) is 0 Å². The quantitative estimate of drug-likeness (QED) is 0.458. The lowest BCUT2D eigenvalue weighted by atomic mass is 10.1. The molecule has 0 aromatic heterocycles. The molecule has 0 saturated carbocycles. The van der Waals surface area contributed by atoms with Crippen LogP contribution in [0.5, 0.6) is 0 Å². The van der Waals surface area contributed by atoms with Crippen LogP contribution in [0.3, 0.4) is 0 Å². The molecule has 0 saturated heterocycles. The molecule has 0 heterocycles. The van der Waals surface area contributed by atoms with E-state index in [9.17, 15) is 9.90 Å². The Kier molecular flexibility index (Phi) is 12.3. The predicted molar refractivity (Wildman–Crippen MR) is 66.2 cm³/mol. The summed E-state index contributed by atoms with van der Waals surface area (Å²) in [5.74, 6) is -1.14. The Morgan fingerprint density at radius 2 is 1.83 bits per heavy atom. The van der Waals surface area contributed by atoms with E-state index in [-0.39, 0.29) is 6.61 Å². The molecule has 0 amide bonds. The highest BCUT2D eigenvalue weighted by atomic mass is 16.6. The minimum atomic E-state index is -1.14. The van der Waals surface area contributed by atoms with Gasteiger partial charge in [0.05, 0.1) is 38.5 Å². The molecule has 1 unspecified atom stereocenters. The van der Waals surface area contributed by atoms with Crippen LogP contribution in [0, 0.1) is 0 Å². The molecular weight excluding hydrogens is 236 g/mol. The maximum Gasteiger partial charge on any atom is 0.0969 e. The summed E-state index contributed by atoms with van der Waals surface area (Å²) in [5.41, 5.74) is 0. The van der Waals surface area contributed by atoms with Gasteiger partial charge in [-0.25, -0.2) is 0 Å². The van der Waals surface area contributed by atoms with Gasteiger partial charge < -0.3 is 24.1 Å². The van der Waals surface area contributed by atoms with E-state index in [1.54, 1.807) is 7.11 Å². The van der Waals surface area contributed by atoms with Crippen LogP contribution in [0.4, 0.5) is 0 Å². The number of hydrogen-bond acceptors (Lipinski definition) is 5. The van der Waals surface area contributed by atoms with Crippen LogP contribution in [0.1, 0.15) is 39.0 Å². The van der Waals surface area contributed by atoms with Crippen molar-refractivity contribution in [1.29, 1.82) is 0 Å². The van der Waals surface area contributed by atoms with Crippen molar-refractivity contribution in [2.24, 2.45) is 0 Å². The second kappa shape index (κ2) is 12.8. The third kappa shape index (κ3) is 10.5. The molecule has 0 aliphatic heterocycles. The van der Waals surface area contributed by atoms with E-state index in [4.69, 9.17) is 14.2 Å². The fraction of sp³-hybridized carbons (Fsp3) is 0.923. The van der Waals surface area contributed by atoms with Gasteiger partial charge in [-0.3, -0.25) is 0 Å². The van der Waals surface area contributed by atoms with Crippen molar-refractivity contribution in [2.75, 3.05) is 33.5 Å². The normalized spacial score (nSPS) is 12.6. The molecular formula is C13H25O5-. The SMILES string of the molecule is CCCCCCC(OCCOCCOC)C(=O)[O-]. The van der Waals surface area contributed by atoms with Gasteiger partial charge >= 0.3 is 0 Å². The topological polar surface area (TPSA) is 67.8 Å². The molecule has 0 aliphatic rings. The van der Waals surface area contributed by atoms with Crippen molar-refractivity contribution in [3.05, 3.63) is 0 Å². The van der Waals surface area contributed by atoms with Gasteiger partial charge in [-0.15, -0.1) is 0 Å². The van der Waals surface area contributed by atoms with Gasteiger partial charge in [-0.05, 0) is 6.42 Å². The van der Waals surface area contributed by atoms with E-state index in [1.807, 2.05) is 0 Å². The smallest absolute Gasteiger partial charge is 0.0969 e. The zero-order chi connectivity index (χ0) is 13.6. The first-order valence-corrected chi connectivity index (χ1v) is 6.61. The summed E-state index contributed by atoms with van der Waals surface area (Å²) in [4.78, 5) is 10.8. The maximum absolute atomic E-state index is 10.8. The summed E-state index contributed by atoms with van der Waals surface area (Å²) in [6.45, 7) is 3.79. The minimum Gasteiger partial charge on any atom is -0.547 e. The van der Waals surface area contributed by atoms with Crippen molar-refractivity contribution in [2.45, 2.75) is 45.1 Å². The summed E-state index contributed by atoms with van der Waals surface area (Å²) >= 11 is 0. The van der Waals surface area contributed by atoms with Gasteiger partial charge in [-0.2, -0.15) is 0 Å². The summed E-state index contributed by atoms with van der Waals surface area (Å²) in [7, 11) is 1.60. The average Bonchev–Trinajstić information content (AvgIpc) is 2.35. The summed E-state index contributed by atoms with van der Waals surface area (Å²) in [5, 5.41) is 10.8. The molecule has 0 radical (unpaired) electrons. The van der Waals surface area contributed by atoms with Crippen LogP contribution in [-0.4, -0.2) is 45.6 Å². The molecule has 18 heavy (non-hydrogen) atoms. The van der Waals surface area contributed by atoms with E-state index >= 15 is 0 Å². The predicted octanol–water partition coefficient (Wildman–Crippen LogP) is 0.755. The number of carbonyl (C=O) groups excluding carboxylic acids is 1. The third-order valence-electron chi connectivity index (χ3n) is 2.56. The van der Waals surface area contributed by atoms with Crippen LogP contribution in [-0.2, 0) is 19.0 Å². The van der Waals surface area contributed by atoms with Gasteiger partial charge in [0.15, 0.2) is 0 Å². The number of rotatable bonds is 13. The van der Waals surface area contributed by atoms with Crippen molar-refractivity contribution < 1.29 is 24.1 Å². The standard InChI is InChI=1S/C13H26O5/c1-3-4-5-6-7-12(13(14)15)18-11-10-17-9-8-16-2/h12H,3-11H2,1-2H3,(H,14,15)/p-1. The van der Waals surface area contributed by atoms with Crippen molar-refractivity contribution in [3.63, 3.8) is 0 Å². The molecule has 0 aromatic carbocycles. The largest absolute Gasteiger partial charge is 0.547 e. The zero-order valence-electron chi connectivity index (χ0n) is 11.5. The number of carboxylic acid groups (broad SMARTS) is 1. The molecule has 0 fully saturated rings. The van der Waals surface area contributed by atoms with Crippen LogP contribution in [0.25, 0.3) is 0 Å². The van der Waals surface area contributed by atoms with Crippen LogP contribution >= 0.6 is 0 Å². The Bertz CT molecular complexity index is 196. The molecule has 5 heteroatoms. The first-order chi connectivity index (χ1) is 8.72. The maximum atomic E-state index is 10.8. The lowest BCUT2D eigenvalue weighted by Gasteiger charge is -2.18. The Morgan fingerprint density at radius 1 is 1.11 bits per heavy atom. The molecule has 0 aliphatic carbocycles. The van der Waals surface area contributed by atoms with Gasteiger partial charge in [0.1, 0.15) is 0 Å². The molecule has 108 valence electrons. The Hall–Kier alpha value is -0.650. The van der Waals surface area contributed by atoms with Gasteiger partial charge in [0.2, 0.25) is 0 Å². The number of ether oxygens (including phenoxy) is 3. The number of aliphatic carboxylic acids is 1. The Morgan fingerprint density at radius 3 is 2.44 bits per heavy atom. The van der Waals surface area contributed by atoms with E-state index in [0.717, 1.165) is 25.7 Å². The highest BCUT2D eigenvalue weighted by molar-refractivity contribution is 5.69. The number of unbranched alkanes of at least 4 members (excludes halogenated alkanes) is 3. The average molecular weight is 261 g/mol. The second-order valence-corrected chi connectivity index (χ2v) is 4.13. The van der Waals surface area contributed by atoms with E-state index < -0.39 is 12.1 Å². The second-order valence-electron chi connectivity index (χ2n) is 4.13. The van der Waals surface area contributed by atoms with Gasteiger partial charge in [0.25, 0.3) is 0 Å². The Labute approximate surface area is 109 Å². The van der Waals surface area contributed by atoms with Crippen molar-refractivity contribution in [1.82, 2.24) is 0 Å². The molecule has 0 bridgehead atoms. The van der Waals surface area contributed by atoms with Gasteiger partial charge in [0, 0.05) is 7.11 Å². The lowest BCUT2D eigenvalue weighted by molar-refractivity contribution is -0.317. The zero-order valence-corrected chi connectivity index (χ0v) is 11.5. The fourth-order valence-corrected chi connectivity index (χ4v) is 1.52. The monoisotopic (exact) mass is 261 g/mol. The van der Waals surface area contributed by atoms with Gasteiger partial charge in [-0.1, -0.05) is 32.6 Å². The number of carbonyl (C=O) groups is 1. The summed E-state index contributed by atoms with van der Waals surface area (Å²) in [6, 6.07) is 0. The highest BCUT2D eigenvalue weighted by Crippen LogP contribution is 2.08. The Balaban J connectivity index is 3.54. The van der Waals surface area contributed by atoms with E-state index in [1.165, 1.54) is 0 Å². The minimum absolute atomic E-state index is 0.274. The molecule has 5 nitrogen and oxygen atoms in total. The summed E-state index contributed by atoms with van der Waals surface area (Å²) < 4.78 is 15.2. The van der Waals surface area contributed by atoms with Crippen LogP contribution in [0.2, 0.25) is 0 Å². The summed E-state index contributed by atoms with van der Waals surface area (Å²) in [6.07, 6.45) is 3.85. The van der Waals surface area contributed by atoms with E-state index in [0.29, 0.717) is 26.2 Å². The molecule has 0 rings (SSSR count). The third-order valence-corrected chi connectivity index (χ3v) is 2.56. The van der Waals surface area contributed by atoms with Crippen molar-refractivity contribution >= 4 is 5.97 Å². The number of carboxylic acids is 1. The van der Waals surface area contributed by atoms with Crippen LogP contribution < -0.4 is 5.11 Å². The molecule has 0 aromatic rings. The molecule has 0 N–H and O–H groups in total. The molecule has 0 spiro atoms. The first-order valence-electron chi connectivity index (χ1n) is 6.61. The van der Waals surface area contributed by atoms with Crippen LogP contribution in [0.15, 0.2) is 0 Å². The van der Waals surface area contributed by atoms with E-state index in [2.05, 4.69) is 6.92 Å². The lowest BCUT2D eigenvalue weighted by Crippen LogP contribution is -2.38.